The minimum absolute atomic E-state index is 0.0281. The molecular weight excluding hydrogens is 584 g/mol. The SMILES string of the molecule is O=C(O[C@@H]1OC[C@H](CN(Cc2ccccc2)Cc2ccccc2)[C@H]1c1ccccc1)c1cc(C(F)(F)F)cc(C(F)(F)F)c1. The Morgan fingerprint density at radius 3 is 1.68 bits per heavy atom. The molecule has 1 heterocycles. The molecule has 0 radical (unpaired) electrons. The van der Waals surface area contributed by atoms with Gasteiger partial charge >= 0.3 is 18.3 Å². The number of hydrogen-bond acceptors (Lipinski definition) is 4. The molecule has 1 fully saturated rings. The van der Waals surface area contributed by atoms with E-state index in [1.807, 2.05) is 78.9 Å². The van der Waals surface area contributed by atoms with Gasteiger partial charge in [0.05, 0.1) is 29.2 Å². The minimum atomic E-state index is -5.10. The number of carbonyl (C=O) groups is 1. The average molecular weight is 614 g/mol. The molecule has 0 bridgehead atoms. The summed E-state index contributed by atoms with van der Waals surface area (Å²) in [6.45, 7) is 1.90. The van der Waals surface area contributed by atoms with E-state index in [4.69, 9.17) is 9.47 Å². The normalized spacial score (nSPS) is 18.8. The van der Waals surface area contributed by atoms with E-state index in [2.05, 4.69) is 4.90 Å². The molecule has 5 rings (SSSR count). The van der Waals surface area contributed by atoms with Crippen LogP contribution in [-0.4, -0.2) is 30.3 Å². The largest absolute Gasteiger partial charge is 0.431 e. The second kappa shape index (κ2) is 13.2. The predicted molar refractivity (Wildman–Crippen MR) is 151 cm³/mol. The lowest BCUT2D eigenvalue weighted by atomic mass is 9.87. The van der Waals surface area contributed by atoms with Crippen LogP contribution in [0.1, 0.15) is 44.1 Å². The second-order valence-electron chi connectivity index (χ2n) is 10.7. The first-order chi connectivity index (χ1) is 21.0. The molecule has 4 aromatic rings. The van der Waals surface area contributed by atoms with Crippen LogP contribution >= 0.6 is 0 Å². The number of esters is 1. The first kappa shape index (κ1) is 31.3. The Bertz CT molecular complexity index is 1450. The van der Waals surface area contributed by atoms with E-state index in [1.165, 1.54) is 0 Å². The third-order valence-electron chi connectivity index (χ3n) is 7.50. The van der Waals surface area contributed by atoms with Gasteiger partial charge in [-0.05, 0) is 34.9 Å². The molecule has 1 aliphatic rings. The lowest BCUT2D eigenvalue weighted by molar-refractivity contribution is -0.143. The number of ether oxygens (including phenoxy) is 2. The highest BCUT2D eigenvalue weighted by Crippen LogP contribution is 2.40. The van der Waals surface area contributed by atoms with Crippen molar-refractivity contribution >= 4 is 5.97 Å². The van der Waals surface area contributed by atoms with E-state index < -0.39 is 47.2 Å². The molecule has 0 spiro atoms. The Labute approximate surface area is 250 Å². The van der Waals surface area contributed by atoms with Crippen molar-refractivity contribution in [2.45, 2.75) is 37.7 Å². The van der Waals surface area contributed by atoms with E-state index in [-0.39, 0.29) is 18.6 Å². The molecule has 0 aromatic heterocycles. The molecule has 3 atom stereocenters. The van der Waals surface area contributed by atoms with Crippen molar-refractivity contribution in [3.05, 3.63) is 143 Å². The third kappa shape index (κ3) is 7.86. The lowest BCUT2D eigenvalue weighted by Crippen LogP contribution is -2.33. The quantitative estimate of drug-likeness (QED) is 0.141. The molecule has 0 saturated carbocycles. The second-order valence-corrected chi connectivity index (χ2v) is 10.7. The molecule has 1 aliphatic heterocycles. The highest BCUT2D eigenvalue weighted by Gasteiger charge is 2.43. The third-order valence-corrected chi connectivity index (χ3v) is 7.50. The Balaban J connectivity index is 1.42. The molecule has 230 valence electrons. The molecule has 4 aromatic carbocycles. The number of hydrogen-bond donors (Lipinski definition) is 0. The maximum atomic E-state index is 13.4. The van der Waals surface area contributed by atoms with Crippen LogP contribution in [0.4, 0.5) is 26.3 Å². The predicted octanol–water partition coefficient (Wildman–Crippen LogP) is 8.34. The standard InChI is InChI=1S/C34H29F6NO3/c35-33(36,37)28-16-26(17-29(18-28)34(38,39)40)31(42)44-32-30(25-14-8-3-9-15-25)27(22-43-32)21-41(19-23-10-4-1-5-11-23)20-24-12-6-2-7-13-24/h1-18,27,30,32H,19-22H2/t27-,30+,32-/m0/s1. The summed E-state index contributed by atoms with van der Waals surface area (Å²) in [5, 5.41) is 0. The highest BCUT2D eigenvalue weighted by molar-refractivity contribution is 5.90. The Kier molecular flexibility index (Phi) is 9.41. The number of halogens is 6. The molecular formula is C34H29F6NO3. The van der Waals surface area contributed by atoms with Gasteiger partial charge in [0.15, 0.2) is 0 Å². The number of carbonyl (C=O) groups excluding carboxylic acids is 1. The van der Waals surface area contributed by atoms with Crippen LogP contribution in [0.3, 0.4) is 0 Å². The maximum absolute atomic E-state index is 13.4. The summed E-state index contributed by atoms with van der Waals surface area (Å²) in [7, 11) is 0. The van der Waals surface area contributed by atoms with Gasteiger partial charge in [0.2, 0.25) is 6.29 Å². The molecule has 44 heavy (non-hydrogen) atoms. The van der Waals surface area contributed by atoms with Crippen LogP contribution in [0.2, 0.25) is 0 Å². The van der Waals surface area contributed by atoms with E-state index >= 15 is 0 Å². The topological polar surface area (TPSA) is 38.8 Å². The van der Waals surface area contributed by atoms with E-state index in [0.29, 0.717) is 31.8 Å². The van der Waals surface area contributed by atoms with Crippen molar-refractivity contribution in [1.82, 2.24) is 4.90 Å². The van der Waals surface area contributed by atoms with Crippen LogP contribution in [0.5, 0.6) is 0 Å². The molecule has 0 amide bonds. The van der Waals surface area contributed by atoms with Crippen LogP contribution in [-0.2, 0) is 34.9 Å². The monoisotopic (exact) mass is 613 g/mol. The van der Waals surface area contributed by atoms with Crippen LogP contribution in [0.25, 0.3) is 0 Å². The summed E-state index contributed by atoms with van der Waals surface area (Å²) < 4.78 is 92.0. The molecule has 1 saturated heterocycles. The minimum Gasteiger partial charge on any atom is -0.431 e. The summed E-state index contributed by atoms with van der Waals surface area (Å²) in [5.74, 6) is -2.07. The maximum Gasteiger partial charge on any atom is 0.416 e. The number of nitrogens with zero attached hydrogens (tertiary/aromatic N) is 1. The Hall–Kier alpha value is -4.15. The van der Waals surface area contributed by atoms with Crippen LogP contribution in [0.15, 0.2) is 109 Å². The van der Waals surface area contributed by atoms with E-state index in [0.717, 1.165) is 16.7 Å². The van der Waals surface area contributed by atoms with Crippen molar-refractivity contribution in [2.75, 3.05) is 13.2 Å². The van der Waals surface area contributed by atoms with Gasteiger partial charge in [0.1, 0.15) is 0 Å². The molecule has 0 N–H and O–H groups in total. The van der Waals surface area contributed by atoms with Gasteiger partial charge in [-0.25, -0.2) is 4.79 Å². The van der Waals surface area contributed by atoms with Gasteiger partial charge in [0.25, 0.3) is 0 Å². The zero-order valence-corrected chi connectivity index (χ0v) is 23.4. The van der Waals surface area contributed by atoms with Gasteiger partial charge in [-0.1, -0.05) is 91.0 Å². The Morgan fingerprint density at radius 2 is 1.20 bits per heavy atom. The summed E-state index contributed by atoms with van der Waals surface area (Å²) in [6, 6.07) is 29.5. The zero-order chi connectivity index (χ0) is 31.3. The number of rotatable bonds is 9. The van der Waals surface area contributed by atoms with Crippen LogP contribution in [0, 0.1) is 5.92 Å². The number of benzene rings is 4. The summed E-state index contributed by atoms with van der Waals surface area (Å²) in [4.78, 5) is 15.3. The fourth-order valence-electron chi connectivity index (χ4n) is 5.47. The highest BCUT2D eigenvalue weighted by atomic mass is 19.4. The average Bonchev–Trinajstić information content (AvgIpc) is 3.39. The van der Waals surface area contributed by atoms with E-state index in [9.17, 15) is 31.1 Å². The first-order valence-electron chi connectivity index (χ1n) is 13.9. The van der Waals surface area contributed by atoms with Gasteiger partial charge in [0, 0.05) is 25.6 Å². The van der Waals surface area contributed by atoms with E-state index in [1.54, 1.807) is 12.1 Å². The summed E-state index contributed by atoms with van der Waals surface area (Å²) in [5.41, 5.74) is -1.10. The summed E-state index contributed by atoms with van der Waals surface area (Å²) in [6.07, 6.45) is -11.4. The summed E-state index contributed by atoms with van der Waals surface area (Å²) >= 11 is 0. The fraction of sp³-hybridized carbons (Fsp3) is 0.265. The van der Waals surface area contributed by atoms with Gasteiger partial charge in [-0.2, -0.15) is 26.3 Å². The van der Waals surface area contributed by atoms with Crippen LogP contribution < -0.4 is 0 Å². The van der Waals surface area contributed by atoms with Gasteiger partial charge < -0.3 is 9.47 Å². The zero-order valence-electron chi connectivity index (χ0n) is 23.4. The lowest BCUT2D eigenvalue weighted by Gasteiger charge is -2.29. The first-order valence-corrected chi connectivity index (χ1v) is 13.9. The fourth-order valence-corrected chi connectivity index (χ4v) is 5.47. The van der Waals surface area contributed by atoms with Crippen molar-refractivity contribution in [2.24, 2.45) is 5.92 Å². The van der Waals surface area contributed by atoms with Crippen molar-refractivity contribution in [3.8, 4) is 0 Å². The van der Waals surface area contributed by atoms with Crippen molar-refractivity contribution in [1.29, 1.82) is 0 Å². The van der Waals surface area contributed by atoms with Crippen molar-refractivity contribution in [3.63, 3.8) is 0 Å². The smallest absolute Gasteiger partial charge is 0.416 e. The van der Waals surface area contributed by atoms with Gasteiger partial charge in [-0.3, -0.25) is 4.90 Å². The number of alkyl halides is 6. The van der Waals surface area contributed by atoms with Gasteiger partial charge in [-0.15, -0.1) is 0 Å². The van der Waals surface area contributed by atoms with Crippen molar-refractivity contribution < 1.29 is 40.6 Å². The Morgan fingerprint density at radius 1 is 0.727 bits per heavy atom. The molecule has 4 nitrogen and oxygen atoms in total. The molecule has 10 heteroatoms. The molecule has 0 unspecified atom stereocenters. The molecule has 0 aliphatic carbocycles.